The molecule has 0 radical (unpaired) electrons. The van der Waals surface area contributed by atoms with Crippen LogP contribution in [-0.2, 0) is 9.53 Å². The molecule has 23 heavy (non-hydrogen) atoms. The molecule has 1 atom stereocenters. The van der Waals surface area contributed by atoms with Crippen molar-refractivity contribution < 1.29 is 14.3 Å². The second kappa shape index (κ2) is 8.34. The number of benzene rings is 1. The maximum Gasteiger partial charge on any atom is 0.256 e. The average Bonchev–Trinajstić information content (AvgIpc) is 3.02. The number of carbonyl (C=O) groups is 1. The van der Waals surface area contributed by atoms with Crippen LogP contribution < -0.4 is 10.1 Å². The maximum absolute atomic E-state index is 12.5. The molecule has 0 aromatic heterocycles. The summed E-state index contributed by atoms with van der Waals surface area (Å²) in [4.78, 5) is 12.5. The summed E-state index contributed by atoms with van der Waals surface area (Å²) in [5, 5.41) is 2.95. The van der Waals surface area contributed by atoms with Crippen molar-refractivity contribution in [2.45, 2.75) is 71.0 Å². The van der Waals surface area contributed by atoms with Gasteiger partial charge in [-0.1, -0.05) is 13.3 Å². The van der Waals surface area contributed by atoms with Gasteiger partial charge in [-0.15, -0.1) is 0 Å². The van der Waals surface area contributed by atoms with E-state index in [1.807, 2.05) is 38.1 Å². The first kappa shape index (κ1) is 17.8. The van der Waals surface area contributed by atoms with Crippen LogP contribution in [0.25, 0.3) is 0 Å². The fraction of sp³-hybridized carbons (Fsp3) is 0.632. The SMILES string of the molecule is CCCC(C)(OCC)C(=O)Nc1ccc(OC2CCCC2)cc1. The van der Waals surface area contributed by atoms with E-state index in [4.69, 9.17) is 9.47 Å². The van der Waals surface area contributed by atoms with Gasteiger partial charge in [0.05, 0.1) is 6.10 Å². The summed E-state index contributed by atoms with van der Waals surface area (Å²) in [5.74, 6) is 0.779. The summed E-state index contributed by atoms with van der Waals surface area (Å²) in [5.41, 5.74) is -0.00139. The number of nitrogens with one attached hydrogen (secondary N) is 1. The first-order valence-electron chi connectivity index (χ1n) is 8.79. The Balaban J connectivity index is 1.94. The fourth-order valence-electron chi connectivity index (χ4n) is 3.13. The molecular formula is C19H29NO3. The normalized spacial score (nSPS) is 17.7. The molecule has 1 saturated carbocycles. The van der Waals surface area contributed by atoms with Gasteiger partial charge in [0.15, 0.2) is 0 Å². The smallest absolute Gasteiger partial charge is 0.256 e. The molecule has 0 spiro atoms. The number of hydrogen-bond donors (Lipinski definition) is 1. The highest BCUT2D eigenvalue weighted by atomic mass is 16.5. The Labute approximate surface area is 139 Å². The van der Waals surface area contributed by atoms with Crippen LogP contribution in [0, 0.1) is 0 Å². The van der Waals surface area contributed by atoms with Crippen LogP contribution in [-0.4, -0.2) is 24.2 Å². The third-order valence-electron chi connectivity index (χ3n) is 4.39. The van der Waals surface area contributed by atoms with Gasteiger partial charge in [-0.2, -0.15) is 0 Å². The van der Waals surface area contributed by atoms with Crippen LogP contribution in [0.5, 0.6) is 5.75 Å². The molecule has 1 aliphatic rings. The molecule has 0 aliphatic heterocycles. The molecule has 1 aromatic rings. The first-order chi connectivity index (χ1) is 11.1. The van der Waals surface area contributed by atoms with Crippen molar-refractivity contribution in [2.75, 3.05) is 11.9 Å². The second-order valence-electron chi connectivity index (χ2n) is 6.42. The third kappa shape index (κ3) is 4.96. The van der Waals surface area contributed by atoms with E-state index in [2.05, 4.69) is 12.2 Å². The van der Waals surface area contributed by atoms with Crippen LogP contribution in [0.2, 0.25) is 0 Å². The van der Waals surface area contributed by atoms with Crippen molar-refractivity contribution in [3.8, 4) is 5.75 Å². The molecule has 2 rings (SSSR count). The summed E-state index contributed by atoms with van der Waals surface area (Å²) in [6.45, 7) is 6.35. The maximum atomic E-state index is 12.5. The Morgan fingerprint density at radius 3 is 2.43 bits per heavy atom. The Bertz CT molecular complexity index is 486. The van der Waals surface area contributed by atoms with Crippen molar-refractivity contribution in [1.82, 2.24) is 0 Å². The monoisotopic (exact) mass is 319 g/mol. The van der Waals surface area contributed by atoms with Gasteiger partial charge in [0.1, 0.15) is 11.4 Å². The summed E-state index contributed by atoms with van der Waals surface area (Å²) in [7, 11) is 0. The van der Waals surface area contributed by atoms with E-state index in [-0.39, 0.29) is 5.91 Å². The van der Waals surface area contributed by atoms with Gasteiger partial charge in [0.25, 0.3) is 5.91 Å². The highest BCUT2D eigenvalue weighted by molar-refractivity contribution is 5.97. The zero-order valence-corrected chi connectivity index (χ0v) is 14.6. The number of hydrogen-bond acceptors (Lipinski definition) is 3. The van der Waals surface area contributed by atoms with E-state index in [0.717, 1.165) is 30.7 Å². The second-order valence-corrected chi connectivity index (χ2v) is 6.42. The lowest BCUT2D eigenvalue weighted by Crippen LogP contribution is -2.42. The van der Waals surface area contributed by atoms with Gasteiger partial charge in [-0.3, -0.25) is 4.79 Å². The number of carbonyl (C=O) groups excluding carboxylic acids is 1. The fourth-order valence-corrected chi connectivity index (χ4v) is 3.13. The minimum absolute atomic E-state index is 0.0920. The van der Waals surface area contributed by atoms with E-state index in [1.165, 1.54) is 12.8 Å². The Morgan fingerprint density at radius 2 is 1.87 bits per heavy atom. The predicted molar refractivity (Wildman–Crippen MR) is 92.9 cm³/mol. The van der Waals surface area contributed by atoms with Gasteiger partial charge in [-0.05, 0) is 70.2 Å². The topological polar surface area (TPSA) is 47.6 Å². The lowest BCUT2D eigenvalue weighted by molar-refractivity contribution is -0.139. The molecule has 1 aliphatic carbocycles. The van der Waals surface area contributed by atoms with Gasteiger partial charge < -0.3 is 14.8 Å². The number of anilines is 1. The molecule has 128 valence electrons. The van der Waals surface area contributed by atoms with E-state index in [0.29, 0.717) is 19.1 Å². The predicted octanol–water partition coefficient (Wildman–Crippen LogP) is 4.54. The molecule has 1 unspecified atom stereocenters. The Kier molecular flexibility index (Phi) is 6.46. The highest BCUT2D eigenvalue weighted by Gasteiger charge is 2.32. The van der Waals surface area contributed by atoms with Crippen molar-refractivity contribution in [3.63, 3.8) is 0 Å². The van der Waals surface area contributed by atoms with E-state index in [9.17, 15) is 4.79 Å². The molecule has 4 heteroatoms. The minimum Gasteiger partial charge on any atom is -0.490 e. The van der Waals surface area contributed by atoms with E-state index >= 15 is 0 Å². The zero-order chi connectivity index (χ0) is 16.7. The Morgan fingerprint density at radius 1 is 1.22 bits per heavy atom. The molecule has 1 amide bonds. The van der Waals surface area contributed by atoms with Crippen molar-refractivity contribution in [1.29, 1.82) is 0 Å². The van der Waals surface area contributed by atoms with Gasteiger partial charge in [-0.25, -0.2) is 0 Å². The quantitative estimate of drug-likeness (QED) is 0.765. The van der Waals surface area contributed by atoms with Crippen LogP contribution >= 0.6 is 0 Å². The van der Waals surface area contributed by atoms with Crippen molar-refractivity contribution in [2.24, 2.45) is 0 Å². The summed E-state index contributed by atoms with van der Waals surface area (Å²) in [6, 6.07) is 7.62. The number of amides is 1. The molecule has 1 fully saturated rings. The lowest BCUT2D eigenvalue weighted by atomic mass is 9.99. The molecule has 1 N–H and O–H groups in total. The van der Waals surface area contributed by atoms with Gasteiger partial charge >= 0.3 is 0 Å². The van der Waals surface area contributed by atoms with Crippen molar-refractivity contribution >= 4 is 11.6 Å². The van der Waals surface area contributed by atoms with Gasteiger partial charge in [0.2, 0.25) is 0 Å². The van der Waals surface area contributed by atoms with Crippen LogP contribution in [0.1, 0.15) is 59.3 Å². The summed E-state index contributed by atoms with van der Waals surface area (Å²) in [6.07, 6.45) is 6.75. The largest absolute Gasteiger partial charge is 0.490 e. The standard InChI is InChI=1S/C19H29NO3/c1-4-14-19(3,22-5-2)18(21)20-15-10-12-17(13-11-15)23-16-8-6-7-9-16/h10-13,16H,4-9,14H2,1-3H3,(H,20,21). The highest BCUT2D eigenvalue weighted by Crippen LogP contribution is 2.26. The van der Waals surface area contributed by atoms with E-state index < -0.39 is 5.60 Å². The summed E-state index contributed by atoms with van der Waals surface area (Å²) < 4.78 is 11.6. The zero-order valence-electron chi connectivity index (χ0n) is 14.6. The van der Waals surface area contributed by atoms with Gasteiger partial charge in [0, 0.05) is 12.3 Å². The molecule has 0 heterocycles. The number of ether oxygens (including phenoxy) is 2. The lowest BCUT2D eigenvalue weighted by Gasteiger charge is -2.27. The molecule has 0 bridgehead atoms. The first-order valence-corrected chi connectivity index (χ1v) is 8.79. The number of rotatable bonds is 8. The minimum atomic E-state index is -0.775. The molecule has 4 nitrogen and oxygen atoms in total. The van der Waals surface area contributed by atoms with E-state index in [1.54, 1.807) is 0 Å². The molecule has 1 aromatic carbocycles. The van der Waals surface area contributed by atoms with Crippen molar-refractivity contribution in [3.05, 3.63) is 24.3 Å². The van der Waals surface area contributed by atoms with Crippen LogP contribution in [0.15, 0.2) is 24.3 Å². The third-order valence-corrected chi connectivity index (χ3v) is 4.39. The van der Waals surface area contributed by atoms with Crippen LogP contribution in [0.3, 0.4) is 0 Å². The molecule has 0 saturated heterocycles. The average molecular weight is 319 g/mol. The molecular weight excluding hydrogens is 290 g/mol. The Hall–Kier alpha value is -1.55. The van der Waals surface area contributed by atoms with Crippen LogP contribution in [0.4, 0.5) is 5.69 Å². The summed E-state index contributed by atoms with van der Waals surface area (Å²) >= 11 is 0.